The summed E-state index contributed by atoms with van der Waals surface area (Å²) in [4.78, 5) is 2.30. The van der Waals surface area contributed by atoms with Crippen molar-refractivity contribution in [1.29, 1.82) is 0 Å². The van der Waals surface area contributed by atoms with Gasteiger partial charge in [-0.25, -0.2) is 0 Å². The van der Waals surface area contributed by atoms with Crippen molar-refractivity contribution in [2.75, 3.05) is 5.73 Å². The third kappa shape index (κ3) is 2.90. The molecule has 0 aliphatic heterocycles. The van der Waals surface area contributed by atoms with Crippen LogP contribution < -0.4 is 5.73 Å². The van der Waals surface area contributed by atoms with Crippen molar-refractivity contribution in [2.24, 2.45) is 0 Å². The highest BCUT2D eigenvalue weighted by molar-refractivity contribution is 7.99. The second-order valence-corrected chi connectivity index (χ2v) is 6.36. The van der Waals surface area contributed by atoms with E-state index in [0.29, 0.717) is 0 Å². The molecule has 2 aromatic carbocycles. The van der Waals surface area contributed by atoms with Crippen LogP contribution in [0.2, 0.25) is 5.02 Å². The fourth-order valence-electron chi connectivity index (χ4n) is 1.90. The predicted octanol–water partition coefficient (Wildman–Crippen LogP) is 5.31. The fourth-order valence-corrected chi connectivity index (χ4v) is 3.34. The molecule has 0 bridgehead atoms. The highest BCUT2D eigenvalue weighted by atomic mass is 35.5. The number of halogens is 1. The molecule has 0 aliphatic rings. The normalized spacial score (nSPS) is 10.8. The summed E-state index contributed by atoms with van der Waals surface area (Å²) >= 11 is 8.12. The van der Waals surface area contributed by atoms with Gasteiger partial charge >= 0.3 is 0 Å². The van der Waals surface area contributed by atoms with Gasteiger partial charge in [0.05, 0.1) is 5.02 Å². The van der Waals surface area contributed by atoms with Crippen LogP contribution in [0.3, 0.4) is 0 Å². The lowest BCUT2D eigenvalue weighted by Crippen LogP contribution is -1.94. The minimum atomic E-state index is 0.756. The Morgan fingerprint density at radius 3 is 2.26 bits per heavy atom. The average Bonchev–Trinajstić information content (AvgIpc) is 2.36. The molecule has 3 heteroatoms. The van der Waals surface area contributed by atoms with Crippen LogP contribution in [0, 0.1) is 27.7 Å². The minimum absolute atomic E-state index is 0.756. The number of benzene rings is 2. The first kappa shape index (κ1) is 14.3. The maximum atomic E-state index is 6.42. The summed E-state index contributed by atoms with van der Waals surface area (Å²) in [6, 6.07) is 8.46. The molecule has 0 aliphatic carbocycles. The van der Waals surface area contributed by atoms with E-state index in [2.05, 4.69) is 32.0 Å². The third-order valence-electron chi connectivity index (χ3n) is 3.39. The molecule has 1 nitrogen and oxygen atoms in total. The Morgan fingerprint density at radius 2 is 1.63 bits per heavy atom. The van der Waals surface area contributed by atoms with E-state index in [1.165, 1.54) is 16.0 Å². The lowest BCUT2D eigenvalue weighted by atomic mass is 10.1. The molecule has 0 saturated heterocycles. The lowest BCUT2D eigenvalue weighted by molar-refractivity contribution is 1.24. The zero-order valence-corrected chi connectivity index (χ0v) is 13.2. The first-order chi connectivity index (χ1) is 8.90. The van der Waals surface area contributed by atoms with Crippen molar-refractivity contribution in [1.82, 2.24) is 0 Å². The smallest absolute Gasteiger partial charge is 0.0597 e. The lowest BCUT2D eigenvalue weighted by Gasteiger charge is -2.13. The van der Waals surface area contributed by atoms with Crippen LogP contribution >= 0.6 is 23.4 Å². The summed E-state index contributed by atoms with van der Waals surface area (Å²) in [6.07, 6.45) is 0. The zero-order chi connectivity index (χ0) is 14.2. The number of hydrogen-bond donors (Lipinski definition) is 1. The van der Waals surface area contributed by atoms with Gasteiger partial charge in [0.25, 0.3) is 0 Å². The molecule has 2 N–H and O–H groups in total. The largest absolute Gasteiger partial charge is 0.398 e. The highest BCUT2D eigenvalue weighted by Crippen LogP contribution is 2.40. The molecule has 0 amide bonds. The van der Waals surface area contributed by atoms with Gasteiger partial charge in [-0.1, -0.05) is 29.4 Å². The van der Waals surface area contributed by atoms with Crippen LogP contribution in [0.25, 0.3) is 0 Å². The average molecular weight is 292 g/mol. The SMILES string of the molecule is Cc1ccc(Sc2c(C)cc(N)c(C)c2Cl)cc1C. The van der Waals surface area contributed by atoms with Crippen molar-refractivity contribution in [3.63, 3.8) is 0 Å². The van der Waals surface area contributed by atoms with Crippen LogP contribution in [0.15, 0.2) is 34.1 Å². The van der Waals surface area contributed by atoms with Gasteiger partial charge in [0.15, 0.2) is 0 Å². The molecular weight excluding hydrogens is 274 g/mol. The first-order valence-electron chi connectivity index (χ1n) is 6.20. The number of aryl methyl sites for hydroxylation is 3. The molecule has 2 rings (SSSR count). The number of anilines is 1. The Labute approximate surface area is 124 Å². The van der Waals surface area contributed by atoms with Gasteiger partial charge in [0, 0.05) is 15.5 Å². The van der Waals surface area contributed by atoms with Crippen molar-refractivity contribution in [3.05, 3.63) is 51.5 Å². The van der Waals surface area contributed by atoms with Crippen molar-refractivity contribution in [3.8, 4) is 0 Å². The second kappa shape index (κ2) is 5.48. The molecular formula is C16H18ClNS. The van der Waals surface area contributed by atoms with Crippen LogP contribution in [0.4, 0.5) is 5.69 Å². The Morgan fingerprint density at radius 1 is 0.947 bits per heavy atom. The highest BCUT2D eigenvalue weighted by Gasteiger charge is 2.12. The number of rotatable bonds is 2. The maximum absolute atomic E-state index is 6.42. The Kier molecular flexibility index (Phi) is 4.12. The predicted molar refractivity (Wildman–Crippen MR) is 85.4 cm³/mol. The molecule has 19 heavy (non-hydrogen) atoms. The maximum Gasteiger partial charge on any atom is 0.0597 e. The van der Waals surface area contributed by atoms with Gasteiger partial charge in [0.1, 0.15) is 0 Å². The molecule has 0 heterocycles. The molecule has 0 aromatic heterocycles. The summed E-state index contributed by atoms with van der Waals surface area (Å²) in [6.45, 7) is 8.25. The Balaban J connectivity index is 2.43. The number of nitrogen functional groups attached to an aromatic ring is 1. The minimum Gasteiger partial charge on any atom is -0.398 e. The zero-order valence-electron chi connectivity index (χ0n) is 11.7. The van der Waals surface area contributed by atoms with E-state index >= 15 is 0 Å². The van der Waals surface area contributed by atoms with Crippen LogP contribution in [-0.4, -0.2) is 0 Å². The standard InChI is InChI=1S/C16H18ClNS/c1-9-5-6-13(7-10(9)2)19-16-11(3)8-14(18)12(4)15(16)17/h5-8H,18H2,1-4H3. The summed E-state index contributed by atoms with van der Waals surface area (Å²) in [5, 5.41) is 0.765. The van der Waals surface area contributed by atoms with Crippen molar-refractivity contribution < 1.29 is 0 Å². The van der Waals surface area contributed by atoms with Gasteiger partial charge in [-0.05, 0) is 68.1 Å². The molecule has 0 unspecified atom stereocenters. The number of hydrogen-bond acceptors (Lipinski definition) is 2. The van der Waals surface area contributed by atoms with E-state index in [0.717, 1.165) is 26.7 Å². The molecule has 0 fully saturated rings. The van der Waals surface area contributed by atoms with Crippen molar-refractivity contribution >= 4 is 29.1 Å². The van der Waals surface area contributed by atoms with Crippen LogP contribution in [-0.2, 0) is 0 Å². The summed E-state index contributed by atoms with van der Waals surface area (Å²) in [5.74, 6) is 0. The van der Waals surface area contributed by atoms with E-state index in [9.17, 15) is 0 Å². The molecule has 0 saturated carbocycles. The van der Waals surface area contributed by atoms with E-state index in [1.807, 2.05) is 19.9 Å². The first-order valence-corrected chi connectivity index (χ1v) is 7.40. The van der Waals surface area contributed by atoms with Gasteiger partial charge in [-0.3, -0.25) is 0 Å². The van der Waals surface area contributed by atoms with E-state index < -0.39 is 0 Å². The van der Waals surface area contributed by atoms with E-state index in [-0.39, 0.29) is 0 Å². The van der Waals surface area contributed by atoms with E-state index in [4.69, 9.17) is 17.3 Å². The monoisotopic (exact) mass is 291 g/mol. The molecule has 100 valence electrons. The van der Waals surface area contributed by atoms with Gasteiger partial charge < -0.3 is 5.73 Å². The Hall–Kier alpha value is -1.12. The van der Waals surface area contributed by atoms with E-state index in [1.54, 1.807) is 11.8 Å². The molecule has 2 aromatic rings. The fraction of sp³-hybridized carbons (Fsp3) is 0.250. The second-order valence-electron chi connectivity index (χ2n) is 4.90. The van der Waals surface area contributed by atoms with Gasteiger partial charge in [0.2, 0.25) is 0 Å². The van der Waals surface area contributed by atoms with Gasteiger partial charge in [-0.15, -0.1) is 0 Å². The summed E-state index contributed by atoms with van der Waals surface area (Å²) in [7, 11) is 0. The van der Waals surface area contributed by atoms with Crippen LogP contribution in [0.1, 0.15) is 22.3 Å². The Bertz CT molecular complexity index is 635. The molecule has 0 radical (unpaired) electrons. The quantitative estimate of drug-likeness (QED) is 0.759. The summed E-state index contributed by atoms with van der Waals surface area (Å²) in [5.41, 5.74) is 11.4. The molecule has 0 spiro atoms. The topological polar surface area (TPSA) is 26.0 Å². The number of nitrogens with two attached hydrogens (primary N) is 1. The van der Waals surface area contributed by atoms with Gasteiger partial charge in [-0.2, -0.15) is 0 Å². The summed E-state index contributed by atoms with van der Waals surface area (Å²) < 4.78 is 0. The van der Waals surface area contributed by atoms with Crippen LogP contribution in [0.5, 0.6) is 0 Å². The van der Waals surface area contributed by atoms with Crippen molar-refractivity contribution in [2.45, 2.75) is 37.5 Å². The molecule has 0 atom stereocenters. The third-order valence-corrected chi connectivity index (χ3v) is 5.19.